The van der Waals surface area contributed by atoms with E-state index in [1.807, 2.05) is 72.8 Å². The van der Waals surface area contributed by atoms with E-state index in [9.17, 15) is 4.79 Å². The van der Waals surface area contributed by atoms with Crippen molar-refractivity contribution < 1.29 is 14.3 Å². The minimum atomic E-state index is -0.180. The molecule has 1 aromatic heterocycles. The number of nitrogens with zero attached hydrogens (tertiary/aromatic N) is 2. The lowest BCUT2D eigenvalue weighted by Crippen LogP contribution is -2.21. The van der Waals surface area contributed by atoms with Crippen molar-refractivity contribution in [3.05, 3.63) is 96.0 Å². The Morgan fingerprint density at radius 1 is 0.780 bits per heavy atom. The van der Waals surface area contributed by atoms with Crippen LogP contribution in [0.5, 0.6) is 11.5 Å². The Bertz CT molecular complexity index is 1660. The van der Waals surface area contributed by atoms with Crippen molar-refractivity contribution in [3.63, 3.8) is 0 Å². The van der Waals surface area contributed by atoms with E-state index in [4.69, 9.17) is 31.0 Å². The average Bonchev–Trinajstić information content (AvgIpc) is 2.99. The van der Waals surface area contributed by atoms with Gasteiger partial charge < -0.3 is 30.1 Å². The Morgan fingerprint density at radius 3 is 2.17 bits per heavy atom. The van der Waals surface area contributed by atoms with Crippen molar-refractivity contribution in [2.45, 2.75) is 4.90 Å². The van der Waals surface area contributed by atoms with E-state index < -0.39 is 0 Å². The minimum absolute atomic E-state index is 0.104. The molecule has 0 bridgehead atoms. The summed E-state index contributed by atoms with van der Waals surface area (Å²) in [5, 5.41) is 9.92. The molecule has 5 aromatic rings. The van der Waals surface area contributed by atoms with Gasteiger partial charge in [0.25, 0.3) is 0 Å². The molecular weight excluding hydrogens is 560 g/mol. The molecular formula is C30H27ClN6O3S. The average molecular weight is 587 g/mol. The number of rotatable bonds is 11. The fourth-order valence-electron chi connectivity index (χ4n) is 3.91. The first kappa shape index (κ1) is 27.9. The summed E-state index contributed by atoms with van der Waals surface area (Å²) in [5.41, 5.74) is 3.67. The van der Waals surface area contributed by atoms with Gasteiger partial charge in [0.2, 0.25) is 5.91 Å². The summed E-state index contributed by atoms with van der Waals surface area (Å²) in [4.78, 5) is 23.0. The molecule has 11 heteroatoms. The van der Waals surface area contributed by atoms with Crippen LogP contribution >= 0.6 is 23.5 Å². The van der Waals surface area contributed by atoms with Crippen LogP contribution in [0, 0.1) is 0 Å². The second-order valence-electron chi connectivity index (χ2n) is 8.78. The summed E-state index contributed by atoms with van der Waals surface area (Å²) in [5.74, 6) is 2.18. The Morgan fingerprint density at radius 2 is 1.46 bits per heavy atom. The van der Waals surface area contributed by atoms with Gasteiger partial charge in [-0.05, 0) is 60.5 Å². The molecule has 0 saturated carbocycles. The summed E-state index contributed by atoms with van der Waals surface area (Å²) in [6, 6.07) is 27.9. The highest BCUT2D eigenvalue weighted by atomic mass is 35.5. The first-order valence-electron chi connectivity index (χ1n) is 12.6. The number of fused-ring (bicyclic) bond motifs is 1. The lowest BCUT2D eigenvalue weighted by molar-refractivity contribution is -0.114. The molecule has 0 aliphatic heterocycles. The first-order chi connectivity index (χ1) is 20.0. The molecule has 208 valence electrons. The Kier molecular flexibility index (Phi) is 8.92. The van der Waals surface area contributed by atoms with Crippen molar-refractivity contribution in [1.82, 2.24) is 9.97 Å². The maximum atomic E-state index is 12.5. The number of hydrogen-bond acceptors (Lipinski definition) is 9. The third kappa shape index (κ3) is 7.50. The number of hydrogen-bond donors (Lipinski definition) is 4. The van der Waals surface area contributed by atoms with Crippen molar-refractivity contribution >= 4 is 69.2 Å². The summed E-state index contributed by atoms with van der Waals surface area (Å²) < 4.78 is 14.1. The van der Waals surface area contributed by atoms with Gasteiger partial charge in [-0.3, -0.25) is 4.79 Å². The van der Waals surface area contributed by atoms with E-state index in [-0.39, 0.29) is 12.5 Å². The van der Waals surface area contributed by atoms with Gasteiger partial charge >= 0.3 is 0 Å². The highest BCUT2D eigenvalue weighted by Crippen LogP contribution is 2.32. The zero-order chi connectivity index (χ0) is 28.6. The molecule has 9 nitrogen and oxygen atoms in total. The summed E-state index contributed by atoms with van der Waals surface area (Å²) in [7, 11) is 3.20. The number of para-hydroxylation sites is 2. The molecule has 0 aliphatic carbocycles. The van der Waals surface area contributed by atoms with Crippen molar-refractivity contribution in [3.8, 4) is 11.5 Å². The van der Waals surface area contributed by atoms with Gasteiger partial charge in [0.15, 0.2) is 11.6 Å². The molecule has 0 aliphatic rings. The van der Waals surface area contributed by atoms with E-state index in [1.54, 1.807) is 32.4 Å². The Balaban J connectivity index is 1.30. The zero-order valence-corrected chi connectivity index (χ0v) is 23.8. The van der Waals surface area contributed by atoms with E-state index in [1.165, 1.54) is 11.9 Å². The number of amides is 1. The largest absolute Gasteiger partial charge is 0.497 e. The fourth-order valence-corrected chi connectivity index (χ4v) is 4.78. The van der Waals surface area contributed by atoms with Gasteiger partial charge in [-0.15, -0.1) is 0 Å². The topological polar surface area (TPSA) is 109 Å². The predicted molar refractivity (Wildman–Crippen MR) is 167 cm³/mol. The molecule has 0 radical (unpaired) electrons. The van der Waals surface area contributed by atoms with Crippen LogP contribution in [-0.4, -0.2) is 36.6 Å². The Hall–Kier alpha value is -4.67. The third-order valence-corrected chi connectivity index (χ3v) is 6.87. The lowest BCUT2D eigenvalue weighted by atomic mass is 10.2. The number of carbonyl (C=O) groups is 1. The van der Waals surface area contributed by atoms with E-state index in [0.717, 1.165) is 27.3 Å². The van der Waals surface area contributed by atoms with Crippen LogP contribution < -0.4 is 30.1 Å². The van der Waals surface area contributed by atoms with Crippen LogP contribution in [0.3, 0.4) is 0 Å². The molecule has 5 rings (SSSR count). The minimum Gasteiger partial charge on any atom is -0.497 e. The smallest absolute Gasteiger partial charge is 0.243 e. The number of ether oxygens (including phenoxy) is 2. The number of halogens is 1. The second-order valence-corrected chi connectivity index (χ2v) is 10.1. The number of aromatic nitrogens is 2. The van der Waals surface area contributed by atoms with E-state index in [2.05, 4.69) is 20.7 Å². The maximum Gasteiger partial charge on any atom is 0.243 e. The van der Waals surface area contributed by atoms with Crippen LogP contribution in [0.1, 0.15) is 0 Å². The van der Waals surface area contributed by atoms with Gasteiger partial charge in [0.1, 0.15) is 11.5 Å². The first-order valence-corrected chi connectivity index (χ1v) is 13.8. The number of methoxy groups -OCH3 is 2. The molecule has 4 N–H and O–H groups in total. The lowest BCUT2D eigenvalue weighted by Gasteiger charge is -2.15. The van der Waals surface area contributed by atoms with E-state index in [0.29, 0.717) is 33.8 Å². The molecule has 0 saturated heterocycles. The standard InChI is InChI=1S/C30H27ClN6O3S/c1-39-23-14-22(15-24(17-23)40-2)34-29-30(36-27-12-4-3-11-26(27)35-29)37-41-25-10-6-9-21(16-25)33-28(38)18-32-20-8-5-7-19(31)13-20/h3-17,32H,18H2,1-2H3,(H,33,38)(H,34,35)(H,36,37). The normalized spacial score (nSPS) is 10.6. The second kappa shape index (κ2) is 13.1. The molecule has 0 atom stereocenters. The molecule has 0 spiro atoms. The van der Waals surface area contributed by atoms with Crippen molar-refractivity contribution in [1.29, 1.82) is 0 Å². The van der Waals surface area contributed by atoms with Crippen molar-refractivity contribution in [2.24, 2.45) is 0 Å². The van der Waals surface area contributed by atoms with E-state index >= 15 is 0 Å². The molecule has 1 heterocycles. The Labute approximate surface area is 246 Å². The molecule has 4 aromatic carbocycles. The number of nitrogens with one attached hydrogen (secondary N) is 4. The number of carbonyl (C=O) groups excluding carboxylic acids is 1. The molecule has 0 fully saturated rings. The van der Waals surface area contributed by atoms with Crippen molar-refractivity contribution in [2.75, 3.05) is 41.4 Å². The van der Waals surface area contributed by atoms with Crippen LogP contribution in [0.4, 0.5) is 28.7 Å². The van der Waals surface area contributed by atoms with Crippen LogP contribution in [0.25, 0.3) is 11.0 Å². The van der Waals surface area contributed by atoms with Crippen LogP contribution in [0.15, 0.2) is 95.9 Å². The quantitative estimate of drug-likeness (QED) is 0.119. The van der Waals surface area contributed by atoms with Gasteiger partial charge in [0.05, 0.1) is 31.8 Å². The van der Waals surface area contributed by atoms with Gasteiger partial charge in [-0.1, -0.05) is 35.9 Å². The van der Waals surface area contributed by atoms with Crippen LogP contribution in [-0.2, 0) is 4.79 Å². The van der Waals surface area contributed by atoms with Gasteiger partial charge in [0, 0.05) is 45.2 Å². The summed E-state index contributed by atoms with van der Waals surface area (Å²) in [6.45, 7) is 0.104. The fraction of sp³-hybridized carbons (Fsp3) is 0.100. The summed E-state index contributed by atoms with van der Waals surface area (Å²) in [6.07, 6.45) is 0. The van der Waals surface area contributed by atoms with Gasteiger partial charge in [-0.2, -0.15) is 0 Å². The third-order valence-electron chi connectivity index (χ3n) is 5.85. The zero-order valence-electron chi connectivity index (χ0n) is 22.3. The SMILES string of the molecule is COc1cc(Nc2nc3ccccc3nc2NSc2cccc(NC(=O)CNc3cccc(Cl)c3)c2)cc(OC)c1. The predicted octanol–water partition coefficient (Wildman–Crippen LogP) is 7.21. The maximum absolute atomic E-state index is 12.5. The number of benzene rings is 4. The highest BCUT2D eigenvalue weighted by Gasteiger charge is 2.12. The number of anilines is 5. The molecule has 0 unspecified atom stereocenters. The molecule has 1 amide bonds. The van der Waals surface area contributed by atoms with Crippen LogP contribution in [0.2, 0.25) is 5.02 Å². The highest BCUT2D eigenvalue weighted by molar-refractivity contribution is 8.00. The monoisotopic (exact) mass is 586 g/mol. The van der Waals surface area contributed by atoms with Gasteiger partial charge in [-0.25, -0.2) is 9.97 Å². The summed E-state index contributed by atoms with van der Waals surface area (Å²) >= 11 is 7.37. The molecule has 41 heavy (non-hydrogen) atoms.